The van der Waals surface area contributed by atoms with Crippen molar-refractivity contribution in [2.24, 2.45) is 5.41 Å². The zero-order valence-corrected chi connectivity index (χ0v) is 19.1. The highest BCUT2D eigenvalue weighted by Crippen LogP contribution is 2.39. The van der Waals surface area contributed by atoms with Gasteiger partial charge in [0.05, 0.1) is 12.5 Å². The molecule has 2 aromatic carbocycles. The first-order chi connectivity index (χ1) is 15.5. The fraction of sp³-hybridized carbons (Fsp3) is 0.333. The molecule has 1 unspecified atom stereocenters. The summed E-state index contributed by atoms with van der Waals surface area (Å²) in [7, 11) is 5.41. The maximum Gasteiger partial charge on any atom is 0.229 e. The fourth-order valence-electron chi connectivity index (χ4n) is 4.79. The van der Waals surface area contributed by atoms with Gasteiger partial charge < -0.3 is 9.64 Å². The number of ether oxygens (including phenoxy) is 1. The van der Waals surface area contributed by atoms with Gasteiger partial charge in [-0.25, -0.2) is 0 Å². The van der Waals surface area contributed by atoms with E-state index in [-0.39, 0.29) is 5.91 Å². The van der Waals surface area contributed by atoms with E-state index in [1.807, 2.05) is 38.5 Å². The van der Waals surface area contributed by atoms with Gasteiger partial charge in [-0.15, -0.1) is 0 Å². The molecule has 1 aromatic heterocycles. The van der Waals surface area contributed by atoms with Crippen LogP contribution >= 0.6 is 0 Å². The van der Waals surface area contributed by atoms with Crippen molar-refractivity contribution in [2.45, 2.75) is 19.4 Å². The maximum absolute atomic E-state index is 13.5. The molecular formula is C27H31N3O2. The Balaban J connectivity index is 1.59. The fourth-order valence-corrected chi connectivity index (χ4v) is 4.79. The van der Waals surface area contributed by atoms with Crippen LogP contribution in [0.1, 0.15) is 17.5 Å². The van der Waals surface area contributed by atoms with E-state index in [0.717, 1.165) is 42.9 Å². The third kappa shape index (κ3) is 4.68. The van der Waals surface area contributed by atoms with E-state index < -0.39 is 5.41 Å². The zero-order chi connectivity index (χ0) is 22.6. The lowest BCUT2D eigenvalue weighted by atomic mass is 9.78. The third-order valence-corrected chi connectivity index (χ3v) is 6.38. The highest BCUT2D eigenvalue weighted by atomic mass is 16.5. The molecule has 0 aliphatic carbocycles. The molecule has 1 saturated heterocycles. The molecule has 2 heterocycles. The SMILES string of the molecule is COc1ccc(CN2CCC(Cc3ccccc3-c3cccnc3)(C(=O)N(C)C)C2)cc1. The van der Waals surface area contributed by atoms with Crippen LogP contribution in [0.5, 0.6) is 5.75 Å². The Morgan fingerprint density at radius 1 is 1.09 bits per heavy atom. The van der Waals surface area contributed by atoms with Crippen molar-refractivity contribution in [1.29, 1.82) is 0 Å². The highest BCUT2D eigenvalue weighted by molar-refractivity contribution is 5.84. The molecule has 3 aromatic rings. The van der Waals surface area contributed by atoms with Crippen molar-refractivity contribution in [3.05, 3.63) is 84.2 Å². The van der Waals surface area contributed by atoms with Crippen LogP contribution in [0.25, 0.3) is 11.1 Å². The monoisotopic (exact) mass is 429 g/mol. The Labute approximate surface area is 190 Å². The van der Waals surface area contributed by atoms with Crippen LogP contribution in [0.4, 0.5) is 0 Å². The summed E-state index contributed by atoms with van der Waals surface area (Å²) in [5.74, 6) is 1.06. The lowest BCUT2D eigenvalue weighted by Gasteiger charge is -2.32. The summed E-state index contributed by atoms with van der Waals surface area (Å²) in [5, 5.41) is 0. The first-order valence-corrected chi connectivity index (χ1v) is 11.1. The summed E-state index contributed by atoms with van der Waals surface area (Å²) in [6.45, 7) is 2.48. The number of methoxy groups -OCH3 is 1. The molecule has 5 nitrogen and oxygen atoms in total. The number of carbonyl (C=O) groups excluding carboxylic acids is 1. The van der Waals surface area contributed by atoms with Crippen molar-refractivity contribution in [1.82, 2.24) is 14.8 Å². The van der Waals surface area contributed by atoms with Gasteiger partial charge in [0.25, 0.3) is 0 Å². The number of aromatic nitrogens is 1. The van der Waals surface area contributed by atoms with Crippen LogP contribution in [0.15, 0.2) is 73.1 Å². The van der Waals surface area contributed by atoms with Gasteiger partial charge in [0.15, 0.2) is 0 Å². The molecule has 0 saturated carbocycles. The first kappa shape index (κ1) is 22.0. The summed E-state index contributed by atoms with van der Waals surface area (Å²) >= 11 is 0. The van der Waals surface area contributed by atoms with E-state index in [2.05, 4.69) is 52.3 Å². The van der Waals surface area contributed by atoms with Crippen LogP contribution in [0.3, 0.4) is 0 Å². The minimum atomic E-state index is -0.436. The maximum atomic E-state index is 13.5. The highest BCUT2D eigenvalue weighted by Gasteiger charge is 2.45. The van der Waals surface area contributed by atoms with Gasteiger partial charge in [-0.1, -0.05) is 42.5 Å². The Hall–Kier alpha value is -3.18. The van der Waals surface area contributed by atoms with E-state index in [4.69, 9.17) is 4.74 Å². The average Bonchev–Trinajstić information content (AvgIpc) is 3.23. The molecule has 0 N–H and O–H groups in total. The smallest absolute Gasteiger partial charge is 0.229 e. The van der Waals surface area contributed by atoms with Gasteiger partial charge in [-0.2, -0.15) is 0 Å². The quantitative estimate of drug-likeness (QED) is 0.562. The molecule has 0 spiro atoms. The lowest BCUT2D eigenvalue weighted by Crippen LogP contribution is -2.44. The van der Waals surface area contributed by atoms with Crippen molar-refractivity contribution in [3.63, 3.8) is 0 Å². The van der Waals surface area contributed by atoms with E-state index in [0.29, 0.717) is 6.42 Å². The largest absolute Gasteiger partial charge is 0.497 e. The van der Waals surface area contributed by atoms with Gasteiger partial charge >= 0.3 is 0 Å². The van der Waals surface area contributed by atoms with Crippen LogP contribution in [0.2, 0.25) is 0 Å². The molecule has 0 radical (unpaired) electrons. The van der Waals surface area contributed by atoms with E-state index in [9.17, 15) is 4.79 Å². The van der Waals surface area contributed by atoms with Crippen molar-refractivity contribution < 1.29 is 9.53 Å². The molecule has 166 valence electrons. The van der Waals surface area contributed by atoms with Gasteiger partial charge in [0.2, 0.25) is 5.91 Å². The molecule has 1 aliphatic heterocycles. The number of hydrogen-bond acceptors (Lipinski definition) is 4. The predicted molar refractivity (Wildman–Crippen MR) is 127 cm³/mol. The summed E-state index contributed by atoms with van der Waals surface area (Å²) in [4.78, 5) is 21.9. The standard InChI is InChI=1S/C27H31N3O2/c1-29(2)26(31)27(14-16-30(20-27)19-21-10-12-24(32-3)13-11-21)17-22-7-4-5-9-25(22)23-8-6-15-28-18-23/h4-13,15,18H,14,16-17,19-20H2,1-3H3. The molecule has 1 amide bonds. The number of amides is 1. The number of likely N-dealkylation sites (tertiary alicyclic amines) is 1. The van der Waals surface area contributed by atoms with Crippen LogP contribution in [-0.4, -0.2) is 55.0 Å². The number of pyridine rings is 1. The summed E-state index contributed by atoms with van der Waals surface area (Å²) in [6.07, 6.45) is 5.25. The average molecular weight is 430 g/mol. The molecule has 5 heteroatoms. The van der Waals surface area contributed by atoms with Gasteiger partial charge in [-0.3, -0.25) is 14.7 Å². The second-order valence-electron chi connectivity index (χ2n) is 8.86. The second-order valence-corrected chi connectivity index (χ2v) is 8.86. The number of hydrogen-bond donors (Lipinski definition) is 0. The minimum Gasteiger partial charge on any atom is -0.497 e. The summed E-state index contributed by atoms with van der Waals surface area (Å²) < 4.78 is 5.28. The Morgan fingerprint density at radius 2 is 1.88 bits per heavy atom. The van der Waals surface area contributed by atoms with Crippen molar-refractivity contribution in [2.75, 3.05) is 34.3 Å². The van der Waals surface area contributed by atoms with Gasteiger partial charge in [-0.05, 0) is 54.3 Å². The van der Waals surface area contributed by atoms with E-state index in [1.165, 1.54) is 11.1 Å². The van der Waals surface area contributed by atoms with Gasteiger partial charge in [0.1, 0.15) is 5.75 Å². The first-order valence-electron chi connectivity index (χ1n) is 11.1. The summed E-state index contributed by atoms with van der Waals surface area (Å²) in [6, 6.07) is 20.6. The normalized spacial score (nSPS) is 18.5. The number of carbonyl (C=O) groups is 1. The number of nitrogens with zero attached hydrogens (tertiary/aromatic N) is 3. The van der Waals surface area contributed by atoms with E-state index in [1.54, 1.807) is 18.2 Å². The van der Waals surface area contributed by atoms with Crippen LogP contribution < -0.4 is 4.74 Å². The molecule has 32 heavy (non-hydrogen) atoms. The Morgan fingerprint density at radius 3 is 2.56 bits per heavy atom. The Kier molecular flexibility index (Phi) is 6.56. The summed E-state index contributed by atoms with van der Waals surface area (Å²) in [5.41, 5.74) is 4.23. The molecule has 1 atom stereocenters. The second kappa shape index (κ2) is 9.53. The minimum absolute atomic E-state index is 0.204. The molecular weight excluding hydrogens is 398 g/mol. The van der Waals surface area contributed by atoms with Crippen molar-refractivity contribution in [3.8, 4) is 16.9 Å². The van der Waals surface area contributed by atoms with Crippen LogP contribution in [-0.2, 0) is 17.8 Å². The van der Waals surface area contributed by atoms with E-state index >= 15 is 0 Å². The Bertz CT molecular complexity index is 1050. The van der Waals surface area contributed by atoms with Crippen molar-refractivity contribution >= 4 is 5.91 Å². The number of rotatable bonds is 7. The molecule has 4 rings (SSSR count). The topological polar surface area (TPSA) is 45.7 Å². The predicted octanol–water partition coefficient (Wildman–Crippen LogP) is 4.28. The van der Waals surface area contributed by atoms with Crippen LogP contribution in [0, 0.1) is 5.41 Å². The zero-order valence-electron chi connectivity index (χ0n) is 19.1. The lowest BCUT2D eigenvalue weighted by molar-refractivity contribution is -0.138. The van der Waals surface area contributed by atoms with Gasteiger partial charge in [0, 0.05) is 45.1 Å². The third-order valence-electron chi connectivity index (χ3n) is 6.38. The number of benzene rings is 2. The molecule has 1 fully saturated rings. The molecule has 1 aliphatic rings. The molecule has 0 bridgehead atoms.